The predicted molar refractivity (Wildman–Crippen MR) is 65.2 cm³/mol. The number of unbranched alkanes of at least 4 members (excludes halogenated alkanes) is 3. The van der Waals surface area contributed by atoms with Crippen LogP contribution in [0.15, 0.2) is 0 Å². The van der Waals surface area contributed by atoms with Crippen LogP contribution in [-0.4, -0.2) is 23.2 Å². The van der Waals surface area contributed by atoms with E-state index in [2.05, 4.69) is 12.2 Å². The summed E-state index contributed by atoms with van der Waals surface area (Å²) in [6.07, 6.45) is 9.24. The van der Waals surface area contributed by atoms with Gasteiger partial charge in [-0.2, -0.15) is 0 Å². The molecule has 1 aliphatic carbocycles. The summed E-state index contributed by atoms with van der Waals surface area (Å²) >= 11 is 0. The second kappa shape index (κ2) is 6.89. The first-order chi connectivity index (χ1) is 7.72. The lowest BCUT2D eigenvalue weighted by atomic mass is 9.98. The van der Waals surface area contributed by atoms with Crippen molar-refractivity contribution in [2.75, 3.05) is 6.61 Å². The monoisotopic (exact) mass is 227 g/mol. The third-order valence-corrected chi connectivity index (χ3v) is 3.53. The van der Waals surface area contributed by atoms with Crippen molar-refractivity contribution in [1.82, 2.24) is 5.32 Å². The highest BCUT2D eigenvalue weighted by Crippen LogP contribution is 2.29. The van der Waals surface area contributed by atoms with Crippen LogP contribution in [0.5, 0.6) is 0 Å². The smallest absolute Gasteiger partial charge is 0.220 e. The number of nitrogens with one attached hydrogen (secondary N) is 1. The SMILES string of the molecule is CCCCCCC(=O)NC1(CO)CCCC1. The van der Waals surface area contributed by atoms with E-state index in [1.165, 1.54) is 12.8 Å². The van der Waals surface area contributed by atoms with E-state index in [4.69, 9.17) is 0 Å². The molecule has 2 N–H and O–H groups in total. The van der Waals surface area contributed by atoms with Gasteiger partial charge in [0.25, 0.3) is 0 Å². The number of aliphatic hydroxyl groups is 1. The first-order valence-corrected chi connectivity index (χ1v) is 6.64. The fourth-order valence-electron chi connectivity index (χ4n) is 2.45. The lowest BCUT2D eigenvalue weighted by Gasteiger charge is -2.28. The highest BCUT2D eigenvalue weighted by atomic mass is 16.3. The Balaban J connectivity index is 2.21. The first-order valence-electron chi connectivity index (χ1n) is 6.64. The average Bonchev–Trinajstić information content (AvgIpc) is 2.74. The Morgan fingerprint density at radius 1 is 1.25 bits per heavy atom. The molecular weight excluding hydrogens is 202 g/mol. The molecule has 1 amide bonds. The quantitative estimate of drug-likeness (QED) is 0.656. The minimum absolute atomic E-state index is 0.0910. The lowest BCUT2D eigenvalue weighted by Crippen LogP contribution is -2.49. The molecule has 3 nitrogen and oxygen atoms in total. The molecule has 0 aromatic carbocycles. The molecule has 1 aliphatic rings. The second-order valence-corrected chi connectivity index (χ2v) is 5.00. The van der Waals surface area contributed by atoms with Gasteiger partial charge in [0, 0.05) is 6.42 Å². The summed E-state index contributed by atoms with van der Waals surface area (Å²) in [4.78, 5) is 11.7. The molecule has 0 bridgehead atoms. The Labute approximate surface area is 98.6 Å². The zero-order valence-electron chi connectivity index (χ0n) is 10.4. The van der Waals surface area contributed by atoms with Crippen LogP contribution in [0, 0.1) is 0 Å². The standard InChI is InChI=1S/C13H25NO2/c1-2-3-4-5-8-12(16)14-13(11-15)9-6-7-10-13/h15H,2-11H2,1H3,(H,14,16). The number of aliphatic hydroxyl groups excluding tert-OH is 1. The predicted octanol–water partition coefficient (Wildman–Crippen LogP) is 2.38. The minimum atomic E-state index is -0.290. The summed E-state index contributed by atoms with van der Waals surface area (Å²) in [5.74, 6) is 0.118. The normalized spacial score (nSPS) is 18.6. The minimum Gasteiger partial charge on any atom is -0.394 e. The molecule has 0 saturated heterocycles. The third kappa shape index (κ3) is 4.12. The molecule has 1 rings (SSSR count). The zero-order valence-corrected chi connectivity index (χ0v) is 10.4. The number of hydrogen-bond donors (Lipinski definition) is 2. The fraction of sp³-hybridized carbons (Fsp3) is 0.923. The molecule has 0 spiro atoms. The van der Waals surface area contributed by atoms with Crippen molar-refractivity contribution in [3.05, 3.63) is 0 Å². The number of carbonyl (C=O) groups is 1. The molecule has 16 heavy (non-hydrogen) atoms. The molecule has 1 saturated carbocycles. The first kappa shape index (κ1) is 13.5. The fourth-order valence-corrected chi connectivity index (χ4v) is 2.45. The third-order valence-electron chi connectivity index (χ3n) is 3.53. The highest BCUT2D eigenvalue weighted by Gasteiger charge is 2.34. The molecule has 94 valence electrons. The Kier molecular flexibility index (Phi) is 5.81. The molecule has 1 fully saturated rings. The second-order valence-electron chi connectivity index (χ2n) is 5.00. The van der Waals surface area contributed by atoms with Crippen LogP contribution in [0.25, 0.3) is 0 Å². The van der Waals surface area contributed by atoms with E-state index in [0.717, 1.165) is 38.5 Å². The molecule has 0 unspecified atom stereocenters. The number of hydrogen-bond acceptors (Lipinski definition) is 2. The van der Waals surface area contributed by atoms with E-state index in [1.54, 1.807) is 0 Å². The topological polar surface area (TPSA) is 49.3 Å². The van der Waals surface area contributed by atoms with Gasteiger partial charge in [0.1, 0.15) is 0 Å². The van der Waals surface area contributed by atoms with Crippen molar-refractivity contribution in [1.29, 1.82) is 0 Å². The summed E-state index contributed by atoms with van der Waals surface area (Å²) in [6.45, 7) is 2.26. The van der Waals surface area contributed by atoms with Crippen molar-refractivity contribution in [2.24, 2.45) is 0 Å². The van der Waals surface area contributed by atoms with Gasteiger partial charge in [0.2, 0.25) is 5.91 Å². The largest absolute Gasteiger partial charge is 0.394 e. The molecule has 0 heterocycles. The van der Waals surface area contributed by atoms with Gasteiger partial charge in [-0.1, -0.05) is 39.0 Å². The van der Waals surface area contributed by atoms with Crippen LogP contribution in [0.2, 0.25) is 0 Å². The van der Waals surface area contributed by atoms with Gasteiger partial charge in [0.05, 0.1) is 12.1 Å². The maximum Gasteiger partial charge on any atom is 0.220 e. The molecule has 0 aromatic rings. The van der Waals surface area contributed by atoms with Gasteiger partial charge in [-0.25, -0.2) is 0 Å². The van der Waals surface area contributed by atoms with Crippen molar-refractivity contribution in [2.45, 2.75) is 70.3 Å². The van der Waals surface area contributed by atoms with E-state index < -0.39 is 0 Å². The van der Waals surface area contributed by atoms with Gasteiger partial charge in [-0.3, -0.25) is 4.79 Å². The van der Waals surface area contributed by atoms with Gasteiger partial charge in [0.15, 0.2) is 0 Å². The van der Waals surface area contributed by atoms with Crippen LogP contribution < -0.4 is 5.32 Å². The molecule has 0 atom stereocenters. The molecule has 0 aliphatic heterocycles. The number of amides is 1. The number of rotatable bonds is 7. The van der Waals surface area contributed by atoms with E-state index in [9.17, 15) is 9.90 Å². The Hall–Kier alpha value is -0.570. The molecular formula is C13H25NO2. The molecule has 3 heteroatoms. The van der Waals surface area contributed by atoms with Crippen molar-refractivity contribution >= 4 is 5.91 Å². The van der Waals surface area contributed by atoms with Crippen molar-refractivity contribution in [3.63, 3.8) is 0 Å². The van der Waals surface area contributed by atoms with Crippen molar-refractivity contribution < 1.29 is 9.90 Å². The van der Waals surface area contributed by atoms with E-state index in [0.29, 0.717) is 6.42 Å². The van der Waals surface area contributed by atoms with Gasteiger partial charge in [-0.05, 0) is 19.3 Å². The highest BCUT2D eigenvalue weighted by molar-refractivity contribution is 5.76. The Morgan fingerprint density at radius 2 is 1.94 bits per heavy atom. The van der Waals surface area contributed by atoms with Gasteiger partial charge < -0.3 is 10.4 Å². The summed E-state index contributed by atoms with van der Waals surface area (Å²) in [5, 5.41) is 12.4. The zero-order chi connectivity index (χ0) is 11.9. The van der Waals surface area contributed by atoms with Gasteiger partial charge >= 0.3 is 0 Å². The van der Waals surface area contributed by atoms with Crippen LogP contribution in [0.4, 0.5) is 0 Å². The summed E-state index contributed by atoms with van der Waals surface area (Å²) < 4.78 is 0. The summed E-state index contributed by atoms with van der Waals surface area (Å²) in [7, 11) is 0. The van der Waals surface area contributed by atoms with E-state index in [-0.39, 0.29) is 18.1 Å². The molecule has 0 radical (unpaired) electrons. The van der Waals surface area contributed by atoms with E-state index >= 15 is 0 Å². The van der Waals surface area contributed by atoms with E-state index in [1.807, 2.05) is 0 Å². The van der Waals surface area contributed by atoms with Gasteiger partial charge in [-0.15, -0.1) is 0 Å². The van der Waals surface area contributed by atoms with Crippen LogP contribution in [0.1, 0.15) is 64.7 Å². The van der Waals surface area contributed by atoms with Crippen molar-refractivity contribution in [3.8, 4) is 0 Å². The maximum atomic E-state index is 11.7. The average molecular weight is 227 g/mol. The Morgan fingerprint density at radius 3 is 2.50 bits per heavy atom. The lowest BCUT2D eigenvalue weighted by molar-refractivity contribution is -0.123. The van der Waals surface area contributed by atoms with Crippen LogP contribution in [-0.2, 0) is 4.79 Å². The van der Waals surface area contributed by atoms with Crippen LogP contribution in [0.3, 0.4) is 0 Å². The molecule has 0 aromatic heterocycles. The maximum absolute atomic E-state index is 11.7. The van der Waals surface area contributed by atoms with Crippen LogP contribution >= 0.6 is 0 Å². The number of carbonyl (C=O) groups excluding carboxylic acids is 1. The summed E-state index contributed by atoms with van der Waals surface area (Å²) in [6, 6.07) is 0. The summed E-state index contributed by atoms with van der Waals surface area (Å²) in [5.41, 5.74) is -0.290. The Bertz CT molecular complexity index is 210.